The molecule has 4 nitrogen and oxygen atoms in total. The Bertz CT molecular complexity index is 841. The molecule has 0 atom stereocenters. The van der Waals surface area contributed by atoms with Crippen LogP contribution < -0.4 is 0 Å². The predicted molar refractivity (Wildman–Crippen MR) is 72.9 cm³/mol. The van der Waals surface area contributed by atoms with Crippen molar-refractivity contribution in [3.8, 4) is 5.75 Å². The fourth-order valence-corrected chi connectivity index (χ4v) is 3.26. The number of phenolic OH excluding ortho intramolecular Hbond substituents is 1. The van der Waals surface area contributed by atoms with Crippen LogP contribution >= 0.6 is 0 Å². The fraction of sp³-hybridized carbons (Fsp3) is 0. The van der Waals surface area contributed by atoms with Crippen molar-refractivity contribution in [2.24, 2.45) is 0 Å². The zero-order valence-electron chi connectivity index (χ0n) is 9.74. The highest BCUT2D eigenvalue weighted by atomic mass is 32.2. The van der Waals surface area contributed by atoms with Gasteiger partial charge in [0.2, 0.25) is 0 Å². The van der Waals surface area contributed by atoms with Gasteiger partial charge in [-0.05, 0) is 0 Å². The lowest BCUT2D eigenvalue weighted by Crippen LogP contribution is -2.00. The number of fused-ring (bicyclic) bond motifs is 2. The van der Waals surface area contributed by atoms with E-state index in [2.05, 4.69) is 0 Å². The smallest absolute Gasteiger partial charge is 0.295 e. The monoisotopic (exact) mass is 274 g/mol. The molecule has 2 N–H and O–H groups in total. The third-order valence-corrected chi connectivity index (χ3v) is 4.07. The lowest BCUT2D eigenvalue weighted by atomic mass is 10.0. The van der Waals surface area contributed by atoms with Crippen LogP contribution in [0.4, 0.5) is 0 Å². The molecule has 0 radical (unpaired) electrons. The van der Waals surface area contributed by atoms with Crippen molar-refractivity contribution in [1.29, 1.82) is 0 Å². The first-order chi connectivity index (χ1) is 9.00. The molecule has 5 heteroatoms. The fourth-order valence-electron chi connectivity index (χ4n) is 2.34. The molecule has 19 heavy (non-hydrogen) atoms. The van der Waals surface area contributed by atoms with Gasteiger partial charge in [0.05, 0.1) is 0 Å². The van der Waals surface area contributed by atoms with E-state index in [0.717, 1.165) is 0 Å². The van der Waals surface area contributed by atoms with Crippen molar-refractivity contribution in [3.63, 3.8) is 0 Å². The summed E-state index contributed by atoms with van der Waals surface area (Å²) < 4.78 is 32.8. The minimum atomic E-state index is -4.38. The van der Waals surface area contributed by atoms with Crippen molar-refractivity contribution in [3.05, 3.63) is 48.5 Å². The number of benzene rings is 3. The van der Waals surface area contributed by atoms with Gasteiger partial charge >= 0.3 is 0 Å². The number of aromatic hydroxyl groups is 1. The number of hydrogen-bond donors (Lipinski definition) is 2. The van der Waals surface area contributed by atoms with E-state index in [4.69, 9.17) is 0 Å². The molecule has 0 amide bonds. The quantitative estimate of drug-likeness (QED) is 0.528. The summed E-state index contributed by atoms with van der Waals surface area (Å²) >= 11 is 0. The highest BCUT2D eigenvalue weighted by molar-refractivity contribution is 7.86. The van der Waals surface area contributed by atoms with Gasteiger partial charge < -0.3 is 5.11 Å². The Labute approximate surface area is 109 Å². The average Bonchev–Trinajstić information content (AvgIpc) is 2.38. The van der Waals surface area contributed by atoms with E-state index in [1.807, 2.05) is 0 Å². The Balaban J connectivity index is 2.73. The third-order valence-electron chi connectivity index (χ3n) is 3.11. The lowest BCUT2D eigenvalue weighted by Gasteiger charge is -2.11. The molecule has 3 rings (SSSR count). The van der Waals surface area contributed by atoms with Crippen molar-refractivity contribution in [2.75, 3.05) is 0 Å². The van der Waals surface area contributed by atoms with E-state index in [9.17, 15) is 18.1 Å². The molecular formula is C14H10O4S. The Kier molecular flexibility index (Phi) is 2.48. The van der Waals surface area contributed by atoms with Gasteiger partial charge in [-0.2, -0.15) is 8.42 Å². The summed E-state index contributed by atoms with van der Waals surface area (Å²) in [4.78, 5) is -0.170. The van der Waals surface area contributed by atoms with E-state index in [-0.39, 0.29) is 10.6 Å². The Morgan fingerprint density at radius 2 is 1.11 bits per heavy atom. The van der Waals surface area contributed by atoms with Crippen LogP contribution in [0.5, 0.6) is 5.75 Å². The topological polar surface area (TPSA) is 74.6 Å². The van der Waals surface area contributed by atoms with Crippen molar-refractivity contribution < 1.29 is 18.1 Å². The van der Waals surface area contributed by atoms with Gasteiger partial charge in [-0.15, -0.1) is 0 Å². The number of rotatable bonds is 1. The van der Waals surface area contributed by atoms with Gasteiger partial charge in [0.1, 0.15) is 10.6 Å². The van der Waals surface area contributed by atoms with Gasteiger partial charge in [-0.25, -0.2) is 0 Å². The molecule has 0 spiro atoms. The van der Waals surface area contributed by atoms with Crippen LogP contribution in [-0.4, -0.2) is 18.1 Å². The maximum absolute atomic E-state index is 11.6. The molecule has 0 aliphatic heterocycles. The molecule has 0 bridgehead atoms. The first-order valence-corrected chi connectivity index (χ1v) is 7.04. The van der Waals surface area contributed by atoms with Crippen LogP contribution in [0.3, 0.4) is 0 Å². The lowest BCUT2D eigenvalue weighted by molar-refractivity contribution is 0.484. The molecule has 3 aromatic carbocycles. The minimum Gasteiger partial charge on any atom is -0.507 e. The highest BCUT2D eigenvalue weighted by Gasteiger charge is 2.21. The van der Waals surface area contributed by atoms with Crippen molar-refractivity contribution >= 4 is 31.7 Å². The summed E-state index contributed by atoms with van der Waals surface area (Å²) in [5, 5.41) is 11.6. The summed E-state index contributed by atoms with van der Waals surface area (Å²) in [6.07, 6.45) is 0. The van der Waals surface area contributed by atoms with Crippen LogP contribution in [-0.2, 0) is 10.1 Å². The van der Waals surface area contributed by atoms with E-state index >= 15 is 0 Å². The highest BCUT2D eigenvalue weighted by Crippen LogP contribution is 2.39. The van der Waals surface area contributed by atoms with Gasteiger partial charge in [0, 0.05) is 21.5 Å². The molecule has 0 aromatic heterocycles. The van der Waals surface area contributed by atoms with Crippen molar-refractivity contribution in [2.45, 2.75) is 4.90 Å². The zero-order valence-corrected chi connectivity index (χ0v) is 10.6. The summed E-state index contributed by atoms with van der Waals surface area (Å²) in [5.41, 5.74) is 0. The summed E-state index contributed by atoms with van der Waals surface area (Å²) in [5.74, 6) is 0.0126. The molecule has 0 saturated carbocycles. The molecule has 0 saturated heterocycles. The van der Waals surface area contributed by atoms with Gasteiger partial charge in [0.25, 0.3) is 10.1 Å². The van der Waals surface area contributed by atoms with E-state index in [1.54, 1.807) is 48.5 Å². The van der Waals surface area contributed by atoms with E-state index < -0.39 is 10.1 Å². The SMILES string of the molecule is O=S(=O)(O)c1c2ccccc2c(O)c2ccccc12. The molecule has 0 heterocycles. The molecule has 3 aromatic rings. The van der Waals surface area contributed by atoms with Crippen molar-refractivity contribution in [1.82, 2.24) is 0 Å². The molecule has 0 unspecified atom stereocenters. The van der Waals surface area contributed by atoms with E-state index in [0.29, 0.717) is 21.5 Å². The second-order valence-electron chi connectivity index (χ2n) is 4.24. The largest absolute Gasteiger partial charge is 0.507 e. The Morgan fingerprint density at radius 3 is 1.47 bits per heavy atom. The number of hydrogen-bond acceptors (Lipinski definition) is 3. The first kappa shape index (κ1) is 12.0. The third kappa shape index (κ3) is 1.75. The van der Waals surface area contributed by atoms with Crippen LogP contribution in [0, 0.1) is 0 Å². The second kappa shape index (κ2) is 3.94. The standard InChI is InChI=1S/C14H10O4S/c15-13-9-5-1-3-7-11(9)14(19(16,17)18)12-8-4-2-6-10(12)13/h1-8,15H,(H,16,17,18). The van der Waals surface area contributed by atoms with Crippen LogP contribution in [0.25, 0.3) is 21.5 Å². The normalized spacial score (nSPS) is 12.1. The van der Waals surface area contributed by atoms with Gasteiger partial charge in [0.15, 0.2) is 0 Å². The summed E-state index contributed by atoms with van der Waals surface area (Å²) in [6.45, 7) is 0. The summed E-state index contributed by atoms with van der Waals surface area (Å²) in [7, 11) is -4.38. The summed E-state index contributed by atoms with van der Waals surface area (Å²) in [6, 6.07) is 13.1. The van der Waals surface area contributed by atoms with Crippen LogP contribution in [0.2, 0.25) is 0 Å². The molecule has 0 fully saturated rings. The Hall–Kier alpha value is -2.11. The first-order valence-electron chi connectivity index (χ1n) is 5.60. The van der Waals surface area contributed by atoms with Crippen LogP contribution in [0.15, 0.2) is 53.4 Å². The molecular weight excluding hydrogens is 264 g/mol. The molecule has 0 aliphatic carbocycles. The molecule has 0 aliphatic rings. The minimum absolute atomic E-state index is 0.0126. The van der Waals surface area contributed by atoms with Gasteiger partial charge in [-0.1, -0.05) is 48.5 Å². The predicted octanol–water partition coefficient (Wildman–Crippen LogP) is 2.95. The zero-order chi connectivity index (χ0) is 13.6. The van der Waals surface area contributed by atoms with Gasteiger partial charge in [-0.3, -0.25) is 4.55 Å². The maximum Gasteiger partial charge on any atom is 0.295 e. The Morgan fingerprint density at radius 1 is 0.737 bits per heavy atom. The van der Waals surface area contributed by atoms with Crippen LogP contribution in [0.1, 0.15) is 0 Å². The van der Waals surface area contributed by atoms with E-state index in [1.165, 1.54) is 0 Å². The molecule has 96 valence electrons. The second-order valence-corrected chi connectivity index (χ2v) is 5.60. The number of phenols is 1. The maximum atomic E-state index is 11.6. The average molecular weight is 274 g/mol.